The molecule has 1 atom stereocenters. The molecule has 0 aliphatic carbocycles. The molecule has 2 nitrogen and oxygen atoms in total. The van der Waals surface area contributed by atoms with Crippen molar-refractivity contribution < 1.29 is 4.21 Å². The van der Waals surface area contributed by atoms with Gasteiger partial charge in [0.25, 0.3) is 0 Å². The van der Waals surface area contributed by atoms with E-state index < -0.39 is 11.0 Å². The molecule has 1 aliphatic rings. The molecule has 0 aromatic carbocycles. The van der Waals surface area contributed by atoms with E-state index in [-0.39, 0.29) is 0 Å². The standard InChI is InChI=1S/C11H19NOS/c1-2-3-4-8-11-14(13)12-9-6-5-7-10-12/h2-7,9-10H2,1H3. The minimum atomic E-state index is -1.04. The molecule has 14 heavy (non-hydrogen) atoms. The van der Waals surface area contributed by atoms with Crippen molar-refractivity contribution >= 4 is 11.0 Å². The van der Waals surface area contributed by atoms with Crippen molar-refractivity contribution in [1.82, 2.24) is 4.31 Å². The fourth-order valence-corrected chi connectivity index (χ4v) is 2.42. The van der Waals surface area contributed by atoms with E-state index in [2.05, 4.69) is 18.1 Å². The summed E-state index contributed by atoms with van der Waals surface area (Å²) in [4.78, 5) is 0. The first kappa shape index (κ1) is 11.7. The zero-order chi connectivity index (χ0) is 10.2. The summed E-state index contributed by atoms with van der Waals surface area (Å²) in [5, 5.41) is 2.84. The number of unbranched alkanes of at least 4 members (excludes halogenated alkanes) is 2. The molecule has 0 saturated carbocycles. The molecule has 1 heterocycles. The highest BCUT2D eigenvalue weighted by Crippen LogP contribution is 2.10. The lowest BCUT2D eigenvalue weighted by Gasteiger charge is -2.22. The summed E-state index contributed by atoms with van der Waals surface area (Å²) < 4.78 is 13.6. The van der Waals surface area contributed by atoms with E-state index >= 15 is 0 Å². The van der Waals surface area contributed by atoms with Gasteiger partial charge in [0, 0.05) is 24.8 Å². The minimum Gasteiger partial charge on any atom is -0.228 e. The Hall–Kier alpha value is -0.330. The highest BCUT2D eigenvalue weighted by Gasteiger charge is 2.13. The van der Waals surface area contributed by atoms with Crippen molar-refractivity contribution in [2.45, 2.75) is 45.4 Å². The fourth-order valence-electron chi connectivity index (χ4n) is 1.47. The Morgan fingerprint density at radius 2 is 2.00 bits per heavy atom. The molecule has 1 aliphatic heterocycles. The molecule has 0 aromatic heterocycles. The quantitative estimate of drug-likeness (QED) is 0.520. The smallest absolute Gasteiger partial charge is 0.173 e. The molecule has 1 saturated heterocycles. The van der Waals surface area contributed by atoms with E-state index in [0.29, 0.717) is 0 Å². The minimum absolute atomic E-state index is 0.885. The van der Waals surface area contributed by atoms with Gasteiger partial charge in [-0.2, -0.15) is 0 Å². The molecule has 3 heteroatoms. The first-order chi connectivity index (χ1) is 6.84. The topological polar surface area (TPSA) is 20.3 Å². The van der Waals surface area contributed by atoms with Gasteiger partial charge in [-0.25, -0.2) is 8.51 Å². The molecule has 0 bridgehead atoms. The van der Waals surface area contributed by atoms with E-state index in [0.717, 1.165) is 32.4 Å². The summed E-state index contributed by atoms with van der Waals surface area (Å²) in [6.07, 6.45) is 6.77. The van der Waals surface area contributed by atoms with Crippen LogP contribution in [0.15, 0.2) is 0 Å². The predicted octanol–water partition coefficient (Wildman–Crippen LogP) is 2.29. The van der Waals surface area contributed by atoms with Crippen LogP contribution in [0.5, 0.6) is 0 Å². The average molecular weight is 213 g/mol. The summed E-state index contributed by atoms with van der Waals surface area (Å²) in [6, 6.07) is 0. The average Bonchev–Trinajstić information content (AvgIpc) is 2.25. The van der Waals surface area contributed by atoms with Crippen molar-refractivity contribution in [1.29, 1.82) is 0 Å². The lowest BCUT2D eigenvalue weighted by Crippen LogP contribution is -2.30. The monoisotopic (exact) mass is 213 g/mol. The SMILES string of the molecule is CCCCC#CS(=O)N1CCCCC1. The predicted molar refractivity (Wildman–Crippen MR) is 60.9 cm³/mol. The highest BCUT2D eigenvalue weighted by molar-refractivity contribution is 7.87. The second-order valence-corrected chi connectivity index (χ2v) is 4.84. The largest absolute Gasteiger partial charge is 0.228 e. The molecule has 80 valence electrons. The van der Waals surface area contributed by atoms with E-state index in [1.54, 1.807) is 0 Å². The van der Waals surface area contributed by atoms with Gasteiger partial charge in [0.05, 0.1) is 0 Å². The van der Waals surface area contributed by atoms with Gasteiger partial charge in [-0.1, -0.05) is 25.7 Å². The van der Waals surface area contributed by atoms with Crippen LogP contribution in [0.3, 0.4) is 0 Å². The third kappa shape index (κ3) is 4.26. The Morgan fingerprint density at radius 1 is 1.29 bits per heavy atom. The van der Waals surface area contributed by atoms with Gasteiger partial charge in [0.15, 0.2) is 11.0 Å². The maximum Gasteiger partial charge on any atom is 0.173 e. The molecule has 1 rings (SSSR count). The van der Waals surface area contributed by atoms with Crippen LogP contribution in [0.2, 0.25) is 0 Å². The van der Waals surface area contributed by atoms with Crippen LogP contribution >= 0.6 is 0 Å². The zero-order valence-electron chi connectivity index (χ0n) is 8.92. The first-order valence-electron chi connectivity index (χ1n) is 5.50. The molecule has 0 N–H and O–H groups in total. The normalized spacial score (nSPS) is 19.8. The molecule has 0 spiro atoms. The van der Waals surface area contributed by atoms with Gasteiger partial charge < -0.3 is 0 Å². The number of nitrogens with zero attached hydrogens (tertiary/aromatic N) is 1. The summed E-state index contributed by atoms with van der Waals surface area (Å²) in [7, 11) is -1.04. The molecular formula is C11H19NOS. The van der Waals surface area contributed by atoms with Crippen LogP contribution in [-0.2, 0) is 11.0 Å². The second kappa shape index (κ2) is 7.03. The molecule has 1 unspecified atom stereocenters. The van der Waals surface area contributed by atoms with E-state index in [4.69, 9.17) is 0 Å². The maximum atomic E-state index is 11.6. The van der Waals surface area contributed by atoms with Crippen molar-refractivity contribution in [2.75, 3.05) is 13.1 Å². The molecule has 0 radical (unpaired) electrons. The fraction of sp³-hybridized carbons (Fsp3) is 0.818. The van der Waals surface area contributed by atoms with Gasteiger partial charge >= 0.3 is 0 Å². The highest BCUT2D eigenvalue weighted by atomic mass is 32.2. The number of piperidine rings is 1. The van der Waals surface area contributed by atoms with Crippen LogP contribution in [0.4, 0.5) is 0 Å². The number of hydrogen-bond acceptors (Lipinski definition) is 1. The third-order valence-electron chi connectivity index (χ3n) is 2.36. The van der Waals surface area contributed by atoms with Gasteiger partial charge in [0.1, 0.15) is 0 Å². The van der Waals surface area contributed by atoms with Crippen molar-refractivity contribution in [3.05, 3.63) is 0 Å². The Balaban J connectivity index is 2.27. The summed E-state index contributed by atoms with van der Waals surface area (Å²) in [5.74, 6) is 2.99. The van der Waals surface area contributed by atoms with Gasteiger partial charge in [-0.15, -0.1) is 0 Å². The van der Waals surface area contributed by atoms with E-state index in [1.807, 2.05) is 4.31 Å². The third-order valence-corrected chi connectivity index (χ3v) is 3.52. The second-order valence-electron chi connectivity index (χ2n) is 3.62. The summed E-state index contributed by atoms with van der Waals surface area (Å²) in [5.41, 5.74) is 0. The lowest BCUT2D eigenvalue weighted by molar-refractivity contribution is 0.369. The van der Waals surface area contributed by atoms with Crippen LogP contribution in [0, 0.1) is 11.2 Å². The molecule has 0 amide bonds. The molecule has 0 aromatic rings. The summed E-state index contributed by atoms with van der Waals surface area (Å²) in [6.45, 7) is 4.05. The Bertz CT molecular complexity index is 235. The van der Waals surface area contributed by atoms with Crippen LogP contribution in [-0.4, -0.2) is 21.6 Å². The maximum absolute atomic E-state index is 11.6. The van der Waals surface area contributed by atoms with E-state index in [1.165, 1.54) is 19.3 Å². The first-order valence-corrected chi connectivity index (χ1v) is 6.60. The van der Waals surface area contributed by atoms with Crippen LogP contribution in [0.25, 0.3) is 0 Å². The molecule has 1 fully saturated rings. The summed E-state index contributed by atoms with van der Waals surface area (Å²) >= 11 is 0. The molecular weight excluding hydrogens is 194 g/mol. The van der Waals surface area contributed by atoms with Gasteiger partial charge in [-0.05, 0) is 19.3 Å². The van der Waals surface area contributed by atoms with Crippen molar-refractivity contribution in [3.8, 4) is 11.2 Å². The zero-order valence-corrected chi connectivity index (χ0v) is 9.74. The van der Waals surface area contributed by atoms with Gasteiger partial charge in [0.2, 0.25) is 0 Å². The van der Waals surface area contributed by atoms with Crippen molar-refractivity contribution in [2.24, 2.45) is 0 Å². The Labute approximate surface area is 89.7 Å². The van der Waals surface area contributed by atoms with E-state index in [9.17, 15) is 4.21 Å². The Morgan fingerprint density at radius 3 is 2.64 bits per heavy atom. The van der Waals surface area contributed by atoms with Crippen molar-refractivity contribution in [3.63, 3.8) is 0 Å². The van der Waals surface area contributed by atoms with Crippen LogP contribution < -0.4 is 0 Å². The lowest BCUT2D eigenvalue weighted by atomic mass is 10.2. The van der Waals surface area contributed by atoms with Crippen LogP contribution in [0.1, 0.15) is 45.4 Å². The Kier molecular flexibility index (Phi) is 5.89. The number of hydrogen-bond donors (Lipinski definition) is 0. The van der Waals surface area contributed by atoms with Gasteiger partial charge in [-0.3, -0.25) is 0 Å². The number of rotatable bonds is 3.